The maximum atomic E-state index is 12.5. The summed E-state index contributed by atoms with van der Waals surface area (Å²) in [5.74, 6) is -1.90. The summed E-state index contributed by atoms with van der Waals surface area (Å²) in [7, 11) is -3.60. The van der Waals surface area contributed by atoms with E-state index in [0.29, 0.717) is 0 Å². The highest BCUT2D eigenvalue weighted by atomic mass is 32.2. The summed E-state index contributed by atoms with van der Waals surface area (Å²) in [5, 5.41) is 37.2. The molecule has 6 nitrogen and oxygen atoms in total. The number of nitriles is 2. The van der Waals surface area contributed by atoms with E-state index in [-0.39, 0.29) is 35.8 Å². The molecule has 0 aliphatic rings. The molecule has 0 aliphatic carbocycles. The fourth-order valence-electron chi connectivity index (χ4n) is 2.80. The quantitative estimate of drug-likeness (QED) is 0.721. The zero-order valence-corrected chi connectivity index (χ0v) is 15.4. The van der Waals surface area contributed by atoms with Crippen molar-refractivity contribution < 1.29 is 18.6 Å². The van der Waals surface area contributed by atoms with Crippen LogP contribution in [0.25, 0.3) is 0 Å². The van der Waals surface area contributed by atoms with Crippen LogP contribution in [0.2, 0.25) is 0 Å². The minimum atomic E-state index is -3.60. The van der Waals surface area contributed by atoms with Gasteiger partial charge in [0.1, 0.15) is 11.5 Å². The molecule has 2 atom stereocenters. The number of phenolic OH excluding ortho intramolecular Hbond substituents is 2. The molecule has 2 aromatic rings. The summed E-state index contributed by atoms with van der Waals surface area (Å²) in [4.78, 5) is 0. The molecule has 0 fully saturated rings. The van der Waals surface area contributed by atoms with Crippen LogP contribution < -0.4 is 0 Å². The predicted molar refractivity (Wildman–Crippen MR) is 100 cm³/mol. The molecule has 0 spiro atoms. The zero-order chi connectivity index (χ0) is 19.9. The average molecular weight is 384 g/mol. The van der Waals surface area contributed by atoms with E-state index in [9.17, 15) is 29.2 Å². The molecule has 0 aliphatic heterocycles. The number of hydrogen-bond donors (Lipinski definition) is 2. The topological polar surface area (TPSA) is 122 Å². The summed E-state index contributed by atoms with van der Waals surface area (Å²) in [5.41, 5.74) is 1.52. The lowest BCUT2D eigenvalue weighted by molar-refractivity contribution is 0.474. The molecule has 27 heavy (non-hydrogen) atoms. The van der Waals surface area contributed by atoms with Gasteiger partial charge >= 0.3 is 0 Å². The van der Waals surface area contributed by atoms with E-state index in [1.165, 1.54) is 24.3 Å². The van der Waals surface area contributed by atoms with Crippen LogP contribution in [-0.2, 0) is 22.7 Å². The smallest absolute Gasteiger partial charge is 0.152 e. The fourth-order valence-corrected chi connectivity index (χ4v) is 4.54. The van der Waals surface area contributed by atoms with Crippen LogP contribution in [0.1, 0.15) is 11.1 Å². The minimum Gasteiger partial charge on any atom is -0.508 e. The van der Waals surface area contributed by atoms with Crippen molar-refractivity contribution in [2.24, 2.45) is 11.8 Å². The Labute approximate surface area is 158 Å². The molecule has 0 amide bonds. The number of phenols is 2. The van der Waals surface area contributed by atoms with E-state index >= 15 is 0 Å². The molecule has 0 aromatic heterocycles. The highest BCUT2D eigenvalue weighted by Crippen LogP contribution is 2.18. The van der Waals surface area contributed by atoms with Crippen molar-refractivity contribution in [1.82, 2.24) is 0 Å². The van der Waals surface area contributed by atoms with Gasteiger partial charge in [-0.2, -0.15) is 10.5 Å². The van der Waals surface area contributed by atoms with Crippen LogP contribution in [0, 0.1) is 34.5 Å². The highest BCUT2D eigenvalue weighted by Gasteiger charge is 2.24. The maximum absolute atomic E-state index is 12.5. The molecular formula is C20H20N2O4S. The van der Waals surface area contributed by atoms with Gasteiger partial charge in [0, 0.05) is 0 Å². The first kappa shape index (κ1) is 20.3. The lowest BCUT2D eigenvalue weighted by atomic mass is 10.0. The number of nitrogens with zero attached hydrogens (tertiary/aromatic N) is 2. The SMILES string of the molecule is N#CC(Cc1ccc(O)cc1)CS(=O)(=O)CC(C#N)Cc1ccc(O)cc1. The number of benzene rings is 2. The second-order valence-electron chi connectivity index (χ2n) is 6.47. The summed E-state index contributed by atoms with van der Waals surface area (Å²) in [6.45, 7) is 0. The third-order valence-corrected chi connectivity index (χ3v) is 5.93. The Kier molecular flexibility index (Phi) is 6.81. The summed E-state index contributed by atoms with van der Waals surface area (Å²) in [6, 6.07) is 16.6. The van der Waals surface area contributed by atoms with Gasteiger partial charge in [0.15, 0.2) is 9.84 Å². The predicted octanol–water partition coefficient (Wildman–Crippen LogP) is 2.58. The first-order valence-electron chi connectivity index (χ1n) is 8.37. The van der Waals surface area contributed by atoms with Gasteiger partial charge in [-0.1, -0.05) is 24.3 Å². The summed E-state index contributed by atoms with van der Waals surface area (Å²) in [6.07, 6.45) is 0.510. The van der Waals surface area contributed by atoms with Crippen molar-refractivity contribution in [3.05, 3.63) is 59.7 Å². The lowest BCUT2D eigenvalue weighted by Gasteiger charge is -2.13. The van der Waals surface area contributed by atoms with Gasteiger partial charge in [0.2, 0.25) is 0 Å². The number of hydrogen-bond acceptors (Lipinski definition) is 6. The minimum absolute atomic E-state index is 0.103. The third-order valence-electron chi connectivity index (χ3n) is 4.11. The van der Waals surface area contributed by atoms with Gasteiger partial charge in [-0.25, -0.2) is 8.42 Å². The fraction of sp³-hybridized carbons (Fsp3) is 0.300. The van der Waals surface area contributed by atoms with Gasteiger partial charge in [0.25, 0.3) is 0 Å². The Balaban J connectivity index is 2.00. The molecule has 2 aromatic carbocycles. The van der Waals surface area contributed by atoms with Gasteiger partial charge in [-0.05, 0) is 48.2 Å². The number of sulfone groups is 1. The zero-order valence-electron chi connectivity index (χ0n) is 14.6. The highest BCUT2D eigenvalue weighted by molar-refractivity contribution is 7.91. The number of aromatic hydroxyl groups is 2. The Morgan fingerprint density at radius 3 is 1.37 bits per heavy atom. The molecule has 0 saturated heterocycles. The van der Waals surface area contributed by atoms with E-state index in [2.05, 4.69) is 0 Å². The first-order valence-corrected chi connectivity index (χ1v) is 10.2. The Bertz CT molecular complexity index is 866. The van der Waals surface area contributed by atoms with Gasteiger partial charge in [0.05, 0.1) is 35.5 Å². The van der Waals surface area contributed by atoms with Crippen LogP contribution >= 0.6 is 0 Å². The van der Waals surface area contributed by atoms with Crippen molar-refractivity contribution in [2.75, 3.05) is 11.5 Å². The van der Waals surface area contributed by atoms with E-state index in [4.69, 9.17) is 0 Å². The average Bonchev–Trinajstić information content (AvgIpc) is 2.63. The van der Waals surface area contributed by atoms with Crippen LogP contribution in [0.15, 0.2) is 48.5 Å². The molecule has 7 heteroatoms. The molecule has 0 heterocycles. The summed E-state index contributed by atoms with van der Waals surface area (Å²) >= 11 is 0. The molecule has 2 N–H and O–H groups in total. The lowest BCUT2D eigenvalue weighted by Crippen LogP contribution is -2.24. The second kappa shape index (κ2) is 9.07. The van der Waals surface area contributed by atoms with Gasteiger partial charge in [-0.3, -0.25) is 0 Å². The summed E-state index contributed by atoms with van der Waals surface area (Å²) < 4.78 is 25.0. The Hall–Kier alpha value is -3.03. The van der Waals surface area contributed by atoms with Crippen molar-refractivity contribution in [2.45, 2.75) is 12.8 Å². The molecular weight excluding hydrogens is 364 g/mol. The molecule has 2 rings (SSSR count). The van der Waals surface area contributed by atoms with Gasteiger partial charge in [-0.15, -0.1) is 0 Å². The second-order valence-corrected chi connectivity index (χ2v) is 8.62. The molecule has 0 saturated carbocycles. The Morgan fingerprint density at radius 1 is 0.741 bits per heavy atom. The normalized spacial score (nSPS) is 13.3. The molecule has 0 bridgehead atoms. The van der Waals surface area contributed by atoms with Crippen molar-refractivity contribution in [1.29, 1.82) is 10.5 Å². The largest absolute Gasteiger partial charge is 0.508 e. The van der Waals surface area contributed by atoms with E-state index < -0.39 is 21.7 Å². The van der Waals surface area contributed by atoms with E-state index in [0.717, 1.165) is 11.1 Å². The monoisotopic (exact) mass is 384 g/mol. The Morgan fingerprint density at radius 2 is 1.07 bits per heavy atom. The van der Waals surface area contributed by atoms with Crippen LogP contribution in [0.3, 0.4) is 0 Å². The van der Waals surface area contributed by atoms with Gasteiger partial charge < -0.3 is 10.2 Å². The third kappa shape index (κ3) is 6.65. The van der Waals surface area contributed by atoms with E-state index in [1.54, 1.807) is 24.3 Å². The standard InChI is InChI=1S/C20H20N2O4S/c21-11-17(9-15-1-5-19(23)6-2-15)13-27(25,26)14-18(12-22)10-16-3-7-20(24)8-4-16/h1-8,17-18,23-24H,9-10,13-14H2. The number of rotatable bonds is 8. The molecule has 0 radical (unpaired) electrons. The van der Waals surface area contributed by atoms with Crippen molar-refractivity contribution >= 4 is 9.84 Å². The van der Waals surface area contributed by atoms with Crippen LogP contribution in [-0.4, -0.2) is 30.1 Å². The molecule has 140 valence electrons. The molecule has 2 unspecified atom stereocenters. The van der Waals surface area contributed by atoms with Crippen molar-refractivity contribution in [3.63, 3.8) is 0 Å². The first-order chi connectivity index (χ1) is 12.8. The van der Waals surface area contributed by atoms with Crippen LogP contribution in [0.5, 0.6) is 11.5 Å². The maximum Gasteiger partial charge on any atom is 0.152 e. The van der Waals surface area contributed by atoms with E-state index in [1.807, 2.05) is 12.1 Å². The van der Waals surface area contributed by atoms with Crippen LogP contribution in [0.4, 0.5) is 0 Å². The van der Waals surface area contributed by atoms with Crippen molar-refractivity contribution in [3.8, 4) is 23.6 Å².